The summed E-state index contributed by atoms with van der Waals surface area (Å²) in [5, 5.41) is 7.28. The summed E-state index contributed by atoms with van der Waals surface area (Å²) in [4.78, 5) is 15.7. The van der Waals surface area contributed by atoms with Crippen molar-refractivity contribution in [3.63, 3.8) is 0 Å². The molecule has 0 bridgehead atoms. The Hall–Kier alpha value is -5.91. The van der Waals surface area contributed by atoms with Gasteiger partial charge in [0.1, 0.15) is 0 Å². The van der Waals surface area contributed by atoms with E-state index in [4.69, 9.17) is 15.0 Å². The van der Waals surface area contributed by atoms with Crippen molar-refractivity contribution in [1.29, 1.82) is 0 Å². The lowest BCUT2D eigenvalue weighted by Crippen LogP contribution is -2.06. The van der Waals surface area contributed by atoms with Crippen LogP contribution in [0.25, 0.3) is 87.0 Å². The lowest BCUT2D eigenvalue weighted by molar-refractivity contribution is 0.954. The predicted octanol–water partition coefficient (Wildman–Crippen LogP) is 11.6. The van der Waals surface area contributed by atoms with E-state index in [2.05, 4.69) is 150 Å². The zero-order valence-corrected chi connectivity index (χ0v) is 26.8. The normalized spacial score (nSPS) is 13.3. The van der Waals surface area contributed by atoms with E-state index in [1.165, 1.54) is 52.9 Å². The maximum Gasteiger partial charge on any atom is 0.238 e. The van der Waals surface area contributed by atoms with Crippen LogP contribution in [0.3, 0.4) is 0 Å². The lowest BCUT2D eigenvalue weighted by Gasteiger charge is -2.13. The fraction of sp³-hybridized carbons (Fsp3) is 0.0465. The fourth-order valence-electron chi connectivity index (χ4n) is 7.16. The molecular formula is C43H28N4S. The highest BCUT2D eigenvalue weighted by Crippen LogP contribution is 2.38. The first-order valence-electron chi connectivity index (χ1n) is 16.3. The van der Waals surface area contributed by atoms with Crippen molar-refractivity contribution < 1.29 is 0 Å². The summed E-state index contributed by atoms with van der Waals surface area (Å²) in [6.45, 7) is 0. The Morgan fingerprint density at radius 3 is 2.10 bits per heavy atom. The lowest BCUT2D eigenvalue weighted by atomic mass is 9.96. The number of aromatic nitrogens is 4. The number of para-hydroxylation sites is 1. The molecule has 0 saturated carbocycles. The van der Waals surface area contributed by atoms with E-state index in [9.17, 15) is 0 Å². The van der Waals surface area contributed by atoms with Crippen LogP contribution < -0.4 is 0 Å². The minimum atomic E-state index is 0.609. The molecule has 0 spiro atoms. The van der Waals surface area contributed by atoms with Crippen LogP contribution in [0.1, 0.15) is 18.4 Å². The maximum atomic E-state index is 5.25. The van der Waals surface area contributed by atoms with Crippen LogP contribution in [0.5, 0.6) is 0 Å². The molecule has 0 saturated heterocycles. The van der Waals surface area contributed by atoms with Gasteiger partial charge in [-0.1, -0.05) is 109 Å². The average Bonchev–Trinajstić information content (AvgIpc) is 3.69. The predicted molar refractivity (Wildman–Crippen MR) is 202 cm³/mol. The summed E-state index contributed by atoms with van der Waals surface area (Å²) in [7, 11) is 0. The Morgan fingerprint density at radius 1 is 0.521 bits per heavy atom. The van der Waals surface area contributed by atoms with Crippen LogP contribution in [0, 0.1) is 0 Å². The van der Waals surface area contributed by atoms with Gasteiger partial charge in [-0.3, -0.25) is 4.57 Å². The zero-order valence-electron chi connectivity index (χ0n) is 26.0. The quantitative estimate of drug-likeness (QED) is 0.194. The van der Waals surface area contributed by atoms with E-state index in [0.717, 1.165) is 35.0 Å². The van der Waals surface area contributed by atoms with Gasteiger partial charge in [0.25, 0.3) is 0 Å². The van der Waals surface area contributed by atoms with Gasteiger partial charge in [0.05, 0.1) is 11.0 Å². The van der Waals surface area contributed by atoms with Gasteiger partial charge in [0.2, 0.25) is 5.95 Å². The van der Waals surface area contributed by atoms with Crippen molar-refractivity contribution in [1.82, 2.24) is 19.5 Å². The molecule has 226 valence electrons. The van der Waals surface area contributed by atoms with Crippen molar-refractivity contribution in [2.24, 2.45) is 0 Å². The Balaban J connectivity index is 1.24. The molecule has 6 aromatic carbocycles. The molecule has 0 atom stereocenters. The fourth-order valence-corrected chi connectivity index (χ4v) is 8.31. The number of hydrogen-bond acceptors (Lipinski definition) is 4. The number of thiophene rings is 1. The molecule has 0 aliphatic heterocycles. The van der Waals surface area contributed by atoms with Crippen LogP contribution >= 0.6 is 11.3 Å². The summed E-state index contributed by atoms with van der Waals surface area (Å²) in [5.74, 6) is 1.93. The zero-order chi connectivity index (χ0) is 31.6. The second-order valence-electron chi connectivity index (χ2n) is 12.4. The van der Waals surface area contributed by atoms with Crippen molar-refractivity contribution in [2.45, 2.75) is 12.8 Å². The summed E-state index contributed by atoms with van der Waals surface area (Å²) in [6, 6.07) is 45.5. The second kappa shape index (κ2) is 10.8. The first-order chi connectivity index (χ1) is 23.8. The highest BCUT2D eigenvalue weighted by molar-refractivity contribution is 7.25. The van der Waals surface area contributed by atoms with Crippen molar-refractivity contribution >= 4 is 69.7 Å². The number of hydrogen-bond donors (Lipinski definition) is 0. The average molecular weight is 633 g/mol. The summed E-state index contributed by atoms with van der Waals surface area (Å²) in [5.41, 5.74) is 6.63. The number of benzene rings is 6. The van der Waals surface area contributed by atoms with Crippen LogP contribution in [-0.2, 0) is 0 Å². The van der Waals surface area contributed by atoms with Crippen LogP contribution in [0.4, 0.5) is 0 Å². The van der Waals surface area contributed by atoms with Crippen molar-refractivity contribution in [3.8, 4) is 28.7 Å². The first-order valence-corrected chi connectivity index (χ1v) is 17.2. The van der Waals surface area contributed by atoms with E-state index in [1.54, 1.807) is 0 Å². The molecule has 10 rings (SSSR count). The molecule has 5 heteroatoms. The number of allylic oxidation sites excluding steroid dienone is 4. The van der Waals surface area contributed by atoms with E-state index in [0.29, 0.717) is 17.6 Å². The van der Waals surface area contributed by atoms with Gasteiger partial charge >= 0.3 is 0 Å². The van der Waals surface area contributed by atoms with Crippen LogP contribution in [0.15, 0.2) is 146 Å². The number of nitrogens with zero attached hydrogens (tertiary/aromatic N) is 4. The Bertz CT molecular complexity index is 2800. The third-order valence-corrected chi connectivity index (χ3v) is 10.6. The van der Waals surface area contributed by atoms with Crippen molar-refractivity contribution in [3.05, 3.63) is 151 Å². The smallest absolute Gasteiger partial charge is 0.238 e. The van der Waals surface area contributed by atoms with Gasteiger partial charge in [0.15, 0.2) is 11.6 Å². The molecule has 0 unspecified atom stereocenters. The highest BCUT2D eigenvalue weighted by atomic mass is 32.1. The molecule has 1 aliphatic rings. The van der Waals surface area contributed by atoms with E-state index in [1.807, 2.05) is 11.3 Å². The highest BCUT2D eigenvalue weighted by Gasteiger charge is 2.19. The monoisotopic (exact) mass is 632 g/mol. The Labute approximate surface area is 281 Å². The van der Waals surface area contributed by atoms with Crippen molar-refractivity contribution in [2.75, 3.05) is 0 Å². The van der Waals surface area contributed by atoms with Gasteiger partial charge in [0, 0.05) is 42.1 Å². The minimum Gasteiger partial charge on any atom is -0.278 e. The molecule has 0 fully saturated rings. The summed E-state index contributed by atoms with van der Waals surface area (Å²) in [6.07, 6.45) is 8.67. The number of fused-ring (bicyclic) bond motifs is 7. The summed E-state index contributed by atoms with van der Waals surface area (Å²) >= 11 is 1.81. The van der Waals surface area contributed by atoms with Crippen LogP contribution in [0.2, 0.25) is 0 Å². The standard InChI is InChI=1S/C43H28N4S/c1-2-11-27(12-3-1)28-15-10-16-31(23-28)41-44-42(32-21-22-35-34-18-7-9-20-39(34)48-40(35)26-32)46-43(45-41)47-37-19-8-6-17-33(37)36-24-29-13-4-5-14-30(29)25-38(36)47/h1-2,4-11,13-26H,3,12H2. The Kier molecular flexibility index (Phi) is 6.14. The van der Waals surface area contributed by atoms with Gasteiger partial charge in [-0.05, 0) is 71.1 Å². The van der Waals surface area contributed by atoms with E-state index >= 15 is 0 Å². The first kappa shape index (κ1) is 27.2. The molecule has 3 heterocycles. The molecule has 9 aromatic rings. The van der Waals surface area contributed by atoms with E-state index in [-0.39, 0.29) is 0 Å². The van der Waals surface area contributed by atoms with Gasteiger partial charge in [-0.25, -0.2) is 4.98 Å². The third kappa shape index (κ3) is 4.39. The Morgan fingerprint density at radius 2 is 1.25 bits per heavy atom. The maximum absolute atomic E-state index is 5.25. The van der Waals surface area contributed by atoms with Crippen LogP contribution in [-0.4, -0.2) is 19.5 Å². The summed E-state index contributed by atoms with van der Waals surface area (Å²) < 4.78 is 4.71. The third-order valence-electron chi connectivity index (χ3n) is 9.51. The molecule has 0 radical (unpaired) electrons. The second-order valence-corrected chi connectivity index (χ2v) is 13.5. The molecule has 0 N–H and O–H groups in total. The largest absolute Gasteiger partial charge is 0.278 e. The van der Waals surface area contributed by atoms with Gasteiger partial charge < -0.3 is 0 Å². The molecule has 4 nitrogen and oxygen atoms in total. The van der Waals surface area contributed by atoms with Gasteiger partial charge in [-0.2, -0.15) is 9.97 Å². The topological polar surface area (TPSA) is 43.6 Å². The molecular weight excluding hydrogens is 605 g/mol. The molecule has 48 heavy (non-hydrogen) atoms. The SMILES string of the molecule is C1=CCCC(c2cccc(-c3nc(-c4ccc5c(c4)sc4ccccc45)nc(-n4c5ccccc5c5cc6ccccc6cc54)n3)c2)=C1. The molecule has 1 aliphatic carbocycles. The minimum absolute atomic E-state index is 0.609. The van der Waals surface area contributed by atoms with Gasteiger partial charge in [-0.15, -0.1) is 11.3 Å². The number of rotatable bonds is 4. The molecule has 0 amide bonds. The molecule has 3 aromatic heterocycles. The van der Waals surface area contributed by atoms with E-state index < -0.39 is 0 Å².